The van der Waals surface area contributed by atoms with Gasteiger partial charge < -0.3 is 15.2 Å². The lowest BCUT2D eigenvalue weighted by Crippen LogP contribution is -2.38. The molecule has 2 aromatic carbocycles. The maximum Gasteiger partial charge on any atom is 0.243 e. The third kappa shape index (κ3) is 4.73. The van der Waals surface area contributed by atoms with Gasteiger partial charge in [0.15, 0.2) is 6.29 Å². The summed E-state index contributed by atoms with van der Waals surface area (Å²) in [5, 5.41) is 0.888. The summed E-state index contributed by atoms with van der Waals surface area (Å²) >= 11 is 0. The Hall–Kier alpha value is -2.52. The van der Waals surface area contributed by atoms with Gasteiger partial charge in [-0.1, -0.05) is 35.9 Å². The summed E-state index contributed by atoms with van der Waals surface area (Å²) in [6.45, 7) is 1.96. The molecule has 0 saturated carbocycles. The lowest BCUT2D eigenvalue weighted by atomic mass is 10.1. The summed E-state index contributed by atoms with van der Waals surface area (Å²) in [5.74, 6) is 0.291. The molecule has 0 saturated heterocycles. The zero-order valence-corrected chi connectivity index (χ0v) is 17.5. The number of methoxy groups -OCH3 is 2. The van der Waals surface area contributed by atoms with Gasteiger partial charge in [0.05, 0.1) is 17.0 Å². The van der Waals surface area contributed by atoms with Crippen molar-refractivity contribution in [3.8, 4) is 0 Å². The maximum atomic E-state index is 13.3. The summed E-state index contributed by atoms with van der Waals surface area (Å²) in [4.78, 5) is 4.60. The van der Waals surface area contributed by atoms with Crippen LogP contribution in [0.4, 0.5) is 5.82 Å². The number of sulfonamides is 1. The second-order valence-corrected chi connectivity index (χ2v) is 8.67. The van der Waals surface area contributed by atoms with Crippen LogP contribution in [0.15, 0.2) is 59.5 Å². The number of rotatable bonds is 8. The van der Waals surface area contributed by atoms with E-state index in [1.807, 2.05) is 37.3 Å². The number of anilines is 1. The number of hydrogen-bond acceptors (Lipinski definition) is 6. The van der Waals surface area contributed by atoms with Crippen molar-refractivity contribution in [1.29, 1.82) is 0 Å². The van der Waals surface area contributed by atoms with E-state index in [0.717, 1.165) is 16.5 Å². The first-order chi connectivity index (χ1) is 13.8. The van der Waals surface area contributed by atoms with E-state index in [4.69, 9.17) is 15.2 Å². The van der Waals surface area contributed by atoms with Crippen LogP contribution in [-0.2, 0) is 26.0 Å². The second-order valence-electron chi connectivity index (χ2n) is 6.74. The quantitative estimate of drug-likeness (QED) is 0.569. The highest BCUT2D eigenvalue weighted by Gasteiger charge is 2.28. The van der Waals surface area contributed by atoms with E-state index in [0.29, 0.717) is 11.4 Å². The van der Waals surface area contributed by atoms with Crippen LogP contribution >= 0.6 is 0 Å². The first-order valence-electron chi connectivity index (χ1n) is 9.11. The molecular weight excluding hydrogens is 390 g/mol. The first kappa shape index (κ1) is 21.2. The largest absolute Gasteiger partial charge is 0.383 e. The Morgan fingerprint density at radius 1 is 1.07 bits per heavy atom. The number of nitrogen functional groups attached to an aromatic ring is 1. The van der Waals surface area contributed by atoms with Crippen molar-refractivity contribution in [2.45, 2.75) is 24.7 Å². The van der Waals surface area contributed by atoms with E-state index >= 15 is 0 Å². The minimum Gasteiger partial charge on any atom is -0.383 e. The maximum absolute atomic E-state index is 13.3. The smallest absolute Gasteiger partial charge is 0.243 e. The van der Waals surface area contributed by atoms with E-state index in [9.17, 15) is 8.42 Å². The van der Waals surface area contributed by atoms with Crippen molar-refractivity contribution in [3.63, 3.8) is 0 Å². The molecule has 0 radical (unpaired) electrons. The molecule has 8 heteroatoms. The third-order valence-corrected chi connectivity index (χ3v) is 6.55. The van der Waals surface area contributed by atoms with Gasteiger partial charge in [-0.25, -0.2) is 13.4 Å². The number of aryl methyl sites for hydroxylation is 1. The fraction of sp³-hybridized carbons (Fsp3) is 0.286. The van der Waals surface area contributed by atoms with Crippen molar-refractivity contribution in [3.05, 3.63) is 65.7 Å². The van der Waals surface area contributed by atoms with Crippen molar-refractivity contribution in [2.24, 2.45) is 0 Å². The van der Waals surface area contributed by atoms with E-state index in [1.165, 1.54) is 18.5 Å². The van der Waals surface area contributed by atoms with E-state index in [1.54, 1.807) is 24.3 Å². The molecule has 0 unspecified atom stereocenters. The molecule has 1 heterocycles. The van der Waals surface area contributed by atoms with Crippen LogP contribution in [0, 0.1) is 6.92 Å². The number of pyridine rings is 1. The summed E-state index contributed by atoms with van der Waals surface area (Å²) in [6, 6.07) is 16.1. The van der Waals surface area contributed by atoms with Crippen molar-refractivity contribution >= 4 is 26.7 Å². The fourth-order valence-electron chi connectivity index (χ4n) is 3.01. The van der Waals surface area contributed by atoms with Crippen LogP contribution in [-0.4, -0.2) is 44.8 Å². The summed E-state index contributed by atoms with van der Waals surface area (Å²) in [7, 11) is -0.873. The lowest BCUT2D eigenvalue weighted by Gasteiger charge is -2.26. The van der Waals surface area contributed by atoms with Crippen molar-refractivity contribution in [2.75, 3.05) is 26.5 Å². The van der Waals surface area contributed by atoms with Crippen molar-refractivity contribution < 1.29 is 17.9 Å². The number of benzene rings is 2. The number of fused-ring (bicyclic) bond motifs is 1. The topological polar surface area (TPSA) is 94.7 Å². The molecule has 0 bridgehead atoms. The van der Waals surface area contributed by atoms with Crippen LogP contribution in [0.3, 0.4) is 0 Å². The summed E-state index contributed by atoms with van der Waals surface area (Å²) in [6.07, 6.45) is -0.718. The number of para-hydroxylation sites is 1. The zero-order chi connectivity index (χ0) is 21.0. The molecule has 0 aliphatic heterocycles. The first-order valence-corrected chi connectivity index (χ1v) is 10.6. The van der Waals surface area contributed by atoms with Gasteiger partial charge in [-0.05, 0) is 31.2 Å². The van der Waals surface area contributed by atoms with Crippen LogP contribution in [0.5, 0.6) is 0 Å². The Bertz CT molecular complexity index is 1080. The average Bonchev–Trinajstić information content (AvgIpc) is 2.71. The van der Waals surface area contributed by atoms with E-state index in [2.05, 4.69) is 4.98 Å². The Morgan fingerprint density at radius 2 is 1.72 bits per heavy atom. The van der Waals surface area contributed by atoms with Crippen LogP contribution in [0.1, 0.15) is 11.1 Å². The van der Waals surface area contributed by atoms with Crippen LogP contribution in [0.25, 0.3) is 10.9 Å². The molecule has 3 aromatic rings. The van der Waals surface area contributed by atoms with Gasteiger partial charge in [0.2, 0.25) is 10.0 Å². The molecule has 154 valence electrons. The fourth-order valence-corrected chi connectivity index (χ4v) is 4.41. The monoisotopic (exact) mass is 415 g/mol. The molecule has 1 aromatic heterocycles. The molecule has 7 nitrogen and oxygen atoms in total. The molecular formula is C21H25N3O4S. The van der Waals surface area contributed by atoms with Gasteiger partial charge in [0.1, 0.15) is 5.82 Å². The molecule has 0 fully saturated rings. The molecule has 0 amide bonds. The molecule has 29 heavy (non-hydrogen) atoms. The summed E-state index contributed by atoms with van der Waals surface area (Å²) in [5.41, 5.74) is 8.49. The third-order valence-electron chi connectivity index (χ3n) is 4.72. The molecule has 0 atom stereocenters. The minimum atomic E-state index is -3.81. The number of hydrogen-bond donors (Lipinski definition) is 1. The Kier molecular flexibility index (Phi) is 6.49. The highest BCUT2D eigenvalue weighted by molar-refractivity contribution is 7.89. The van der Waals surface area contributed by atoms with Gasteiger partial charge >= 0.3 is 0 Å². The van der Waals surface area contributed by atoms with Gasteiger partial charge in [-0.15, -0.1) is 0 Å². The number of aromatic nitrogens is 1. The zero-order valence-electron chi connectivity index (χ0n) is 16.7. The number of nitrogens with two attached hydrogens (primary N) is 1. The number of ether oxygens (including phenoxy) is 2. The average molecular weight is 416 g/mol. The Morgan fingerprint density at radius 3 is 2.38 bits per heavy atom. The Balaban J connectivity index is 2.01. The predicted octanol–water partition coefficient (Wildman–Crippen LogP) is 2.94. The van der Waals surface area contributed by atoms with Crippen LogP contribution < -0.4 is 5.73 Å². The molecule has 0 aliphatic rings. The molecule has 0 aliphatic carbocycles. The van der Waals surface area contributed by atoms with E-state index in [-0.39, 0.29) is 18.0 Å². The van der Waals surface area contributed by atoms with Crippen LogP contribution in [0.2, 0.25) is 0 Å². The highest BCUT2D eigenvalue weighted by atomic mass is 32.2. The standard InChI is InChI=1S/C21H25N3O4S/c1-15-8-10-18(11-9-15)29(25,26)24(14-20(27-2)28-3)13-17-12-16-6-4-5-7-19(16)23-21(17)22/h4-12,20H,13-14H2,1-3H3,(H2,22,23). The predicted molar refractivity (Wildman–Crippen MR) is 113 cm³/mol. The van der Waals surface area contributed by atoms with Gasteiger partial charge in [-0.2, -0.15) is 4.31 Å². The van der Waals surface area contributed by atoms with Gasteiger partial charge in [0, 0.05) is 31.7 Å². The molecule has 2 N–H and O–H groups in total. The van der Waals surface area contributed by atoms with Gasteiger partial charge in [0.25, 0.3) is 0 Å². The number of nitrogens with zero attached hydrogens (tertiary/aromatic N) is 2. The normalized spacial score (nSPS) is 12.2. The lowest BCUT2D eigenvalue weighted by molar-refractivity contribution is -0.108. The Labute approximate surface area is 171 Å². The minimum absolute atomic E-state index is 0.00940. The second kappa shape index (κ2) is 8.87. The molecule has 3 rings (SSSR count). The molecule has 0 spiro atoms. The SMILES string of the molecule is COC(CN(Cc1cc2ccccc2nc1N)S(=O)(=O)c1ccc(C)cc1)OC. The van der Waals surface area contributed by atoms with Gasteiger partial charge in [-0.3, -0.25) is 0 Å². The van der Waals surface area contributed by atoms with E-state index < -0.39 is 16.3 Å². The summed E-state index contributed by atoms with van der Waals surface area (Å²) < 4.78 is 38.5. The highest BCUT2D eigenvalue weighted by Crippen LogP contribution is 2.24. The van der Waals surface area contributed by atoms with Crippen molar-refractivity contribution in [1.82, 2.24) is 9.29 Å².